The molecule has 0 bridgehead atoms. The molecule has 0 aromatic carbocycles. The van der Waals surface area contributed by atoms with Crippen molar-refractivity contribution in [2.75, 3.05) is 20.2 Å². The lowest BCUT2D eigenvalue weighted by Gasteiger charge is -2.38. The van der Waals surface area contributed by atoms with Crippen molar-refractivity contribution in [3.63, 3.8) is 0 Å². The van der Waals surface area contributed by atoms with E-state index >= 15 is 0 Å². The molecule has 2 unspecified atom stereocenters. The van der Waals surface area contributed by atoms with E-state index in [-0.39, 0.29) is 6.04 Å². The summed E-state index contributed by atoms with van der Waals surface area (Å²) in [5, 5.41) is 2.13. The lowest BCUT2D eigenvalue weighted by molar-refractivity contribution is 0.0240. The highest BCUT2D eigenvalue weighted by atomic mass is 79.9. The number of rotatable bonds is 4. The average Bonchev–Trinajstić information content (AvgIpc) is 2.76. The molecular weight excluding hydrogens is 312 g/mol. The van der Waals surface area contributed by atoms with Crippen molar-refractivity contribution in [2.45, 2.75) is 38.0 Å². The number of nitrogens with two attached hydrogens (primary N) is 1. The Morgan fingerprint density at radius 1 is 1.50 bits per heavy atom. The molecule has 1 fully saturated rings. The van der Waals surface area contributed by atoms with Crippen molar-refractivity contribution in [1.29, 1.82) is 0 Å². The SMILES string of the molecule is COC1CCN(C(c2cc(Br)cs2)C(C)N)CC1. The molecule has 0 saturated carbocycles. The molecule has 18 heavy (non-hydrogen) atoms. The summed E-state index contributed by atoms with van der Waals surface area (Å²) in [5.41, 5.74) is 6.19. The summed E-state index contributed by atoms with van der Waals surface area (Å²) >= 11 is 5.31. The third-order valence-electron chi connectivity index (χ3n) is 3.58. The fourth-order valence-electron chi connectivity index (χ4n) is 2.64. The van der Waals surface area contributed by atoms with Gasteiger partial charge in [0.1, 0.15) is 0 Å². The fraction of sp³-hybridized carbons (Fsp3) is 0.692. The standard InChI is InChI=1S/C13H21BrN2OS/c1-9(15)13(12-7-10(14)8-18-12)16-5-3-11(17-2)4-6-16/h7-9,11,13H,3-6,15H2,1-2H3. The van der Waals surface area contributed by atoms with Gasteiger partial charge in [-0.15, -0.1) is 11.3 Å². The van der Waals surface area contributed by atoms with Crippen molar-refractivity contribution < 1.29 is 4.74 Å². The molecule has 102 valence electrons. The minimum Gasteiger partial charge on any atom is -0.381 e. The number of methoxy groups -OCH3 is 1. The first-order valence-electron chi connectivity index (χ1n) is 6.38. The Labute approximate surface area is 121 Å². The number of piperidine rings is 1. The summed E-state index contributed by atoms with van der Waals surface area (Å²) in [4.78, 5) is 3.85. The Hall–Kier alpha value is 0.0600. The number of hydrogen-bond acceptors (Lipinski definition) is 4. The van der Waals surface area contributed by atoms with Crippen LogP contribution in [0, 0.1) is 0 Å². The number of nitrogens with zero attached hydrogens (tertiary/aromatic N) is 1. The molecule has 2 rings (SSSR count). The van der Waals surface area contributed by atoms with Gasteiger partial charge >= 0.3 is 0 Å². The largest absolute Gasteiger partial charge is 0.381 e. The molecule has 1 aromatic rings. The molecule has 3 nitrogen and oxygen atoms in total. The monoisotopic (exact) mass is 332 g/mol. The molecule has 2 N–H and O–H groups in total. The predicted octanol–water partition coefficient (Wildman–Crippen LogP) is 3.01. The summed E-state index contributed by atoms with van der Waals surface area (Å²) in [6, 6.07) is 2.68. The second-order valence-electron chi connectivity index (χ2n) is 4.94. The quantitative estimate of drug-likeness (QED) is 0.921. The van der Waals surface area contributed by atoms with Gasteiger partial charge in [-0.3, -0.25) is 4.90 Å². The summed E-state index contributed by atoms with van der Waals surface area (Å²) in [7, 11) is 1.81. The number of thiophene rings is 1. The zero-order chi connectivity index (χ0) is 13.1. The van der Waals surface area contributed by atoms with Gasteiger partial charge < -0.3 is 10.5 Å². The van der Waals surface area contributed by atoms with Crippen LogP contribution in [0.15, 0.2) is 15.9 Å². The van der Waals surface area contributed by atoms with E-state index in [9.17, 15) is 0 Å². The Morgan fingerprint density at radius 2 is 2.17 bits per heavy atom. The zero-order valence-corrected chi connectivity index (χ0v) is 13.3. The molecule has 1 saturated heterocycles. The maximum Gasteiger partial charge on any atom is 0.0595 e. The van der Waals surface area contributed by atoms with Gasteiger partial charge in [0.25, 0.3) is 0 Å². The second-order valence-corrected chi connectivity index (χ2v) is 6.80. The van der Waals surface area contributed by atoms with E-state index < -0.39 is 0 Å². The second kappa shape index (κ2) is 6.48. The summed E-state index contributed by atoms with van der Waals surface area (Å²) in [6.45, 7) is 4.24. The Bertz CT molecular complexity index is 375. The molecule has 0 amide bonds. The van der Waals surface area contributed by atoms with E-state index in [0.717, 1.165) is 30.4 Å². The van der Waals surface area contributed by atoms with Gasteiger partial charge in [0, 0.05) is 41.0 Å². The number of halogens is 1. The lowest BCUT2D eigenvalue weighted by Crippen LogP contribution is -2.44. The highest BCUT2D eigenvalue weighted by Gasteiger charge is 2.29. The van der Waals surface area contributed by atoms with Crippen LogP contribution in [0.1, 0.15) is 30.7 Å². The van der Waals surface area contributed by atoms with Crippen molar-refractivity contribution in [3.8, 4) is 0 Å². The Balaban J connectivity index is 2.07. The van der Waals surface area contributed by atoms with Crippen LogP contribution in [0.4, 0.5) is 0 Å². The van der Waals surface area contributed by atoms with E-state index in [4.69, 9.17) is 10.5 Å². The maximum absolute atomic E-state index is 6.19. The summed E-state index contributed by atoms with van der Waals surface area (Å²) in [6.07, 6.45) is 2.63. The van der Waals surface area contributed by atoms with Gasteiger partial charge in [-0.1, -0.05) is 0 Å². The van der Waals surface area contributed by atoms with Gasteiger partial charge in [-0.25, -0.2) is 0 Å². The molecule has 2 heterocycles. The third kappa shape index (κ3) is 3.33. The van der Waals surface area contributed by atoms with Crippen LogP contribution in [-0.2, 0) is 4.74 Å². The molecular formula is C13H21BrN2OS. The molecule has 0 aliphatic carbocycles. The smallest absolute Gasteiger partial charge is 0.0595 e. The average molecular weight is 333 g/mol. The van der Waals surface area contributed by atoms with Crippen LogP contribution >= 0.6 is 27.3 Å². The number of likely N-dealkylation sites (tertiary alicyclic amines) is 1. The lowest BCUT2D eigenvalue weighted by atomic mass is 10.0. The van der Waals surface area contributed by atoms with Crippen LogP contribution in [0.2, 0.25) is 0 Å². The molecule has 0 spiro atoms. The first-order valence-corrected chi connectivity index (χ1v) is 8.05. The summed E-state index contributed by atoms with van der Waals surface area (Å²) < 4.78 is 6.58. The number of hydrogen-bond donors (Lipinski definition) is 1. The molecule has 1 aromatic heterocycles. The topological polar surface area (TPSA) is 38.5 Å². The van der Waals surface area contributed by atoms with Crippen molar-refractivity contribution in [2.24, 2.45) is 5.73 Å². The van der Waals surface area contributed by atoms with Crippen LogP contribution in [0.5, 0.6) is 0 Å². The highest BCUT2D eigenvalue weighted by molar-refractivity contribution is 9.10. The Kier molecular flexibility index (Phi) is 5.21. The fourth-order valence-corrected chi connectivity index (χ4v) is 4.34. The van der Waals surface area contributed by atoms with E-state index in [1.165, 1.54) is 4.88 Å². The molecule has 0 radical (unpaired) electrons. The van der Waals surface area contributed by atoms with Gasteiger partial charge in [-0.05, 0) is 41.8 Å². The van der Waals surface area contributed by atoms with Crippen molar-refractivity contribution in [3.05, 3.63) is 20.8 Å². The molecule has 1 aliphatic rings. The van der Waals surface area contributed by atoms with Gasteiger partial charge in [0.15, 0.2) is 0 Å². The number of ether oxygens (including phenoxy) is 1. The van der Waals surface area contributed by atoms with Gasteiger partial charge in [0.2, 0.25) is 0 Å². The van der Waals surface area contributed by atoms with E-state index in [2.05, 4.69) is 39.2 Å². The van der Waals surface area contributed by atoms with Crippen LogP contribution in [0.3, 0.4) is 0 Å². The minimum absolute atomic E-state index is 0.148. The maximum atomic E-state index is 6.19. The van der Waals surface area contributed by atoms with Crippen LogP contribution in [0.25, 0.3) is 0 Å². The van der Waals surface area contributed by atoms with E-state index in [0.29, 0.717) is 12.1 Å². The normalized spacial score (nSPS) is 22.0. The highest BCUT2D eigenvalue weighted by Crippen LogP contribution is 2.33. The first-order chi connectivity index (χ1) is 8.61. The molecule has 1 aliphatic heterocycles. The Morgan fingerprint density at radius 3 is 2.61 bits per heavy atom. The zero-order valence-electron chi connectivity index (χ0n) is 10.9. The summed E-state index contributed by atoms with van der Waals surface area (Å²) in [5.74, 6) is 0. The van der Waals surface area contributed by atoms with Crippen LogP contribution < -0.4 is 5.73 Å². The first kappa shape index (κ1) is 14.5. The van der Waals surface area contributed by atoms with Crippen LogP contribution in [-0.4, -0.2) is 37.2 Å². The minimum atomic E-state index is 0.148. The predicted molar refractivity (Wildman–Crippen MR) is 80.0 cm³/mol. The van der Waals surface area contributed by atoms with E-state index in [1.54, 1.807) is 18.4 Å². The van der Waals surface area contributed by atoms with Crippen molar-refractivity contribution in [1.82, 2.24) is 4.90 Å². The van der Waals surface area contributed by atoms with Gasteiger partial charge in [0.05, 0.1) is 12.1 Å². The molecule has 5 heteroatoms. The van der Waals surface area contributed by atoms with Gasteiger partial charge in [-0.2, -0.15) is 0 Å². The van der Waals surface area contributed by atoms with Crippen molar-refractivity contribution >= 4 is 27.3 Å². The molecule has 2 atom stereocenters. The van der Waals surface area contributed by atoms with E-state index in [1.807, 2.05) is 0 Å². The third-order valence-corrected chi connectivity index (χ3v) is 5.34.